The highest BCUT2D eigenvalue weighted by molar-refractivity contribution is 7.17. The van der Waals surface area contributed by atoms with Crippen LogP contribution in [0.3, 0.4) is 0 Å². The second kappa shape index (κ2) is 8.81. The van der Waals surface area contributed by atoms with Crippen molar-refractivity contribution in [2.75, 3.05) is 18.5 Å². The standard InChI is InChI=1S/C18H23N3O5S/c1-6-13-10(3)15(18(24)25-7-2)16(27-13)20-14(22)9-26-17(23)12-8-19-21(5)11(12)4/h8H,6-7,9H2,1-5H3,(H,20,22). The minimum absolute atomic E-state index is 0.241. The number of thiophene rings is 1. The summed E-state index contributed by atoms with van der Waals surface area (Å²) >= 11 is 1.32. The lowest BCUT2D eigenvalue weighted by Gasteiger charge is -2.08. The molecule has 2 aromatic heterocycles. The monoisotopic (exact) mass is 393 g/mol. The van der Waals surface area contributed by atoms with Crippen molar-refractivity contribution < 1.29 is 23.9 Å². The molecule has 9 heteroatoms. The van der Waals surface area contributed by atoms with E-state index in [1.165, 1.54) is 17.5 Å². The first-order chi connectivity index (χ1) is 12.8. The Bertz CT molecular complexity index is 869. The van der Waals surface area contributed by atoms with Gasteiger partial charge in [-0.25, -0.2) is 9.59 Å². The van der Waals surface area contributed by atoms with E-state index in [1.54, 1.807) is 25.6 Å². The van der Waals surface area contributed by atoms with Crippen LogP contribution >= 0.6 is 11.3 Å². The minimum atomic E-state index is -0.627. The van der Waals surface area contributed by atoms with Gasteiger partial charge in [0.1, 0.15) is 10.6 Å². The van der Waals surface area contributed by atoms with Crippen LogP contribution in [0.15, 0.2) is 6.20 Å². The first-order valence-electron chi connectivity index (χ1n) is 8.55. The molecule has 0 aliphatic heterocycles. The maximum Gasteiger partial charge on any atom is 0.342 e. The van der Waals surface area contributed by atoms with E-state index in [1.807, 2.05) is 13.8 Å². The van der Waals surface area contributed by atoms with Crippen molar-refractivity contribution >= 4 is 34.2 Å². The van der Waals surface area contributed by atoms with Gasteiger partial charge in [0, 0.05) is 17.6 Å². The second-order valence-electron chi connectivity index (χ2n) is 5.82. The molecule has 2 heterocycles. The van der Waals surface area contributed by atoms with Crippen LogP contribution < -0.4 is 5.32 Å². The molecule has 27 heavy (non-hydrogen) atoms. The fourth-order valence-electron chi connectivity index (χ4n) is 2.51. The zero-order valence-corrected chi connectivity index (χ0v) is 16.9. The van der Waals surface area contributed by atoms with Gasteiger partial charge in [-0.2, -0.15) is 5.10 Å². The molecule has 0 fully saturated rings. The third kappa shape index (κ3) is 4.54. The highest BCUT2D eigenvalue weighted by Gasteiger charge is 2.23. The van der Waals surface area contributed by atoms with E-state index in [9.17, 15) is 14.4 Å². The van der Waals surface area contributed by atoms with Crippen molar-refractivity contribution in [3.8, 4) is 0 Å². The number of hydrogen-bond acceptors (Lipinski definition) is 7. The van der Waals surface area contributed by atoms with E-state index in [4.69, 9.17) is 9.47 Å². The van der Waals surface area contributed by atoms with Gasteiger partial charge >= 0.3 is 11.9 Å². The predicted octanol–water partition coefficient (Wildman–Crippen LogP) is 2.63. The predicted molar refractivity (Wildman–Crippen MR) is 101 cm³/mol. The van der Waals surface area contributed by atoms with Crippen LogP contribution in [0.5, 0.6) is 0 Å². The average Bonchev–Trinajstić information content (AvgIpc) is 3.12. The molecule has 0 radical (unpaired) electrons. The number of carbonyl (C=O) groups is 3. The topological polar surface area (TPSA) is 99.5 Å². The lowest BCUT2D eigenvalue weighted by Crippen LogP contribution is -2.22. The van der Waals surface area contributed by atoms with Gasteiger partial charge in [-0.3, -0.25) is 9.48 Å². The summed E-state index contributed by atoms with van der Waals surface area (Å²) in [5.74, 6) is -1.64. The fourth-order valence-corrected chi connectivity index (χ4v) is 3.65. The average molecular weight is 393 g/mol. The Morgan fingerprint density at radius 3 is 2.44 bits per heavy atom. The zero-order chi connectivity index (χ0) is 20.1. The molecule has 0 bridgehead atoms. The van der Waals surface area contributed by atoms with Crippen LogP contribution in [0, 0.1) is 13.8 Å². The number of ether oxygens (including phenoxy) is 2. The molecule has 0 spiro atoms. The third-order valence-electron chi connectivity index (χ3n) is 4.09. The molecule has 0 saturated carbocycles. The maximum absolute atomic E-state index is 12.2. The quantitative estimate of drug-likeness (QED) is 0.726. The molecular formula is C18H23N3O5S. The van der Waals surface area contributed by atoms with Crippen molar-refractivity contribution in [2.24, 2.45) is 7.05 Å². The Balaban J connectivity index is 2.08. The summed E-state index contributed by atoms with van der Waals surface area (Å²) in [6, 6.07) is 0. The van der Waals surface area contributed by atoms with Crippen LogP contribution in [0.25, 0.3) is 0 Å². The molecular weight excluding hydrogens is 370 g/mol. The first kappa shape index (κ1) is 20.6. The van der Waals surface area contributed by atoms with Gasteiger partial charge in [0.2, 0.25) is 0 Å². The third-order valence-corrected chi connectivity index (χ3v) is 5.44. The van der Waals surface area contributed by atoms with E-state index in [0.29, 0.717) is 21.8 Å². The van der Waals surface area contributed by atoms with E-state index < -0.39 is 24.5 Å². The number of aryl methyl sites for hydroxylation is 2. The summed E-state index contributed by atoms with van der Waals surface area (Å²) < 4.78 is 11.7. The summed E-state index contributed by atoms with van der Waals surface area (Å²) in [5, 5.41) is 7.02. The Hall–Kier alpha value is -2.68. The molecule has 2 aromatic rings. The molecule has 1 N–H and O–H groups in total. The molecule has 8 nitrogen and oxygen atoms in total. The number of anilines is 1. The van der Waals surface area contributed by atoms with E-state index in [0.717, 1.165) is 16.9 Å². The molecule has 0 atom stereocenters. The first-order valence-corrected chi connectivity index (χ1v) is 9.36. The summed E-state index contributed by atoms with van der Waals surface area (Å²) in [4.78, 5) is 37.5. The van der Waals surface area contributed by atoms with Crippen LogP contribution in [-0.4, -0.2) is 40.8 Å². The van der Waals surface area contributed by atoms with Crippen molar-refractivity contribution in [1.29, 1.82) is 0 Å². The van der Waals surface area contributed by atoms with Crippen LogP contribution in [0.2, 0.25) is 0 Å². The van der Waals surface area contributed by atoms with Gasteiger partial charge < -0.3 is 14.8 Å². The van der Waals surface area contributed by atoms with Gasteiger partial charge in [0.05, 0.1) is 18.4 Å². The van der Waals surface area contributed by atoms with Crippen LogP contribution in [0.4, 0.5) is 5.00 Å². The van der Waals surface area contributed by atoms with Gasteiger partial charge in [0.25, 0.3) is 5.91 Å². The number of carbonyl (C=O) groups excluding carboxylic acids is 3. The number of rotatable bonds is 7. The van der Waals surface area contributed by atoms with E-state index in [2.05, 4.69) is 10.4 Å². The zero-order valence-electron chi connectivity index (χ0n) is 16.0. The molecule has 0 saturated heterocycles. The van der Waals surface area contributed by atoms with Gasteiger partial charge in [-0.05, 0) is 32.8 Å². The summed E-state index contributed by atoms with van der Waals surface area (Å²) in [5.41, 5.74) is 2.09. The molecule has 0 aliphatic rings. The highest BCUT2D eigenvalue weighted by atomic mass is 32.1. The van der Waals surface area contributed by atoms with Crippen molar-refractivity contribution in [3.05, 3.63) is 33.5 Å². The summed E-state index contributed by atoms with van der Waals surface area (Å²) in [7, 11) is 1.71. The van der Waals surface area contributed by atoms with Crippen molar-refractivity contribution in [3.63, 3.8) is 0 Å². The molecule has 1 amide bonds. The highest BCUT2D eigenvalue weighted by Crippen LogP contribution is 2.34. The number of nitrogens with zero attached hydrogens (tertiary/aromatic N) is 2. The number of amides is 1. The molecule has 0 unspecified atom stereocenters. The van der Waals surface area contributed by atoms with Crippen molar-refractivity contribution in [1.82, 2.24) is 9.78 Å². The lowest BCUT2D eigenvalue weighted by atomic mass is 10.1. The normalized spacial score (nSPS) is 10.6. The number of aromatic nitrogens is 2. The van der Waals surface area contributed by atoms with Gasteiger partial charge in [0.15, 0.2) is 6.61 Å². The number of esters is 2. The Kier molecular flexibility index (Phi) is 6.73. The van der Waals surface area contributed by atoms with Gasteiger partial charge in [-0.1, -0.05) is 6.92 Å². The second-order valence-corrected chi connectivity index (χ2v) is 6.93. The summed E-state index contributed by atoms with van der Waals surface area (Å²) in [6.45, 7) is 7.02. The molecule has 2 rings (SSSR count). The molecule has 0 aliphatic carbocycles. The Morgan fingerprint density at radius 2 is 1.89 bits per heavy atom. The SMILES string of the molecule is CCOC(=O)c1c(NC(=O)COC(=O)c2cnn(C)c2C)sc(CC)c1C. The van der Waals surface area contributed by atoms with Gasteiger partial charge in [-0.15, -0.1) is 11.3 Å². The summed E-state index contributed by atoms with van der Waals surface area (Å²) in [6.07, 6.45) is 2.12. The minimum Gasteiger partial charge on any atom is -0.462 e. The molecule has 0 aromatic carbocycles. The lowest BCUT2D eigenvalue weighted by molar-refractivity contribution is -0.119. The Morgan fingerprint density at radius 1 is 1.19 bits per heavy atom. The molecule has 146 valence electrons. The smallest absolute Gasteiger partial charge is 0.342 e. The number of nitrogens with one attached hydrogen (secondary N) is 1. The fraction of sp³-hybridized carbons (Fsp3) is 0.444. The van der Waals surface area contributed by atoms with Crippen molar-refractivity contribution in [2.45, 2.75) is 34.1 Å². The maximum atomic E-state index is 12.2. The van der Waals surface area contributed by atoms with Crippen LogP contribution in [0.1, 0.15) is 50.7 Å². The largest absolute Gasteiger partial charge is 0.462 e. The number of hydrogen-bond donors (Lipinski definition) is 1. The van der Waals surface area contributed by atoms with E-state index in [-0.39, 0.29) is 6.61 Å². The van der Waals surface area contributed by atoms with E-state index >= 15 is 0 Å². The Labute approximate surface area is 161 Å². The van der Waals surface area contributed by atoms with Crippen LogP contribution in [-0.2, 0) is 27.7 Å².